The first-order valence-corrected chi connectivity index (χ1v) is 6.89. The Hall–Kier alpha value is -1.63. The van der Waals surface area contributed by atoms with Crippen molar-refractivity contribution in [3.63, 3.8) is 0 Å². The predicted molar refractivity (Wildman–Crippen MR) is 75.4 cm³/mol. The number of pyridine rings is 1. The number of hydrogen-bond donors (Lipinski definition) is 0. The van der Waals surface area contributed by atoms with Gasteiger partial charge in [0.1, 0.15) is 6.54 Å². The zero-order chi connectivity index (χ0) is 15.1. The maximum Gasteiger partial charge on any atom is 0.325 e. The Morgan fingerprint density at radius 2 is 2.00 bits per heavy atom. The Morgan fingerprint density at radius 3 is 2.60 bits per heavy atom. The van der Waals surface area contributed by atoms with Crippen LogP contribution in [0.1, 0.15) is 19.0 Å². The number of rotatable bonds is 6. The van der Waals surface area contributed by atoms with E-state index < -0.39 is 5.97 Å². The number of ether oxygens (including phenoxy) is 2. The van der Waals surface area contributed by atoms with Crippen LogP contribution in [-0.2, 0) is 32.0 Å². The van der Waals surface area contributed by atoms with Crippen LogP contribution in [0.15, 0.2) is 21.4 Å². The molecule has 20 heavy (non-hydrogen) atoms. The number of nitrogens with zero attached hydrogens (tertiary/aromatic N) is 1. The molecule has 7 heteroatoms. The summed E-state index contributed by atoms with van der Waals surface area (Å²) in [7, 11) is 1.25. The fourth-order valence-electron chi connectivity index (χ4n) is 1.64. The molecule has 0 N–H and O–H groups in total. The first-order valence-electron chi connectivity index (χ1n) is 6.10. The van der Waals surface area contributed by atoms with Crippen molar-refractivity contribution in [1.29, 1.82) is 0 Å². The van der Waals surface area contributed by atoms with Crippen LogP contribution >= 0.6 is 15.9 Å². The number of hydrogen-bond acceptors (Lipinski definition) is 5. The van der Waals surface area contributed by atoms with Gasteiger partial charge in [-0.3, -0.25) is 14.4 Å². The second kappa shape index (κ2) is 7.84. The fraction of sp³-hybridized carbons (Fsp3) is 0.462. The molecule has 1 heterocycles. The summed E-state index contributed by atoms with van der Waals surface area (Å²) in [6.07, 6.45) is 0.467. The molecule has 0 radical (unpaired) electrons. The lowest BCUT2D eigenvalue weighted by atomic mass is 10.2. The molecule has 1 aromatic heterocycles. The summed E-state index contributed by atoms with van der Waals surface area (Å²) in [6.45, 7) is 1.85. The van der Waals surface area contributed by atoms with Crippen LogP contribution in [-0.4, -0.2) is 30.2 Å². The number of esters is 2. The molecule has 0 atom stereocenters. The Bertz CT molecular complexity index is 552. The SMILES string of the molecule is CCOC(=O)CCc1ccc(Br)c(=O)n1CC(=O)OC. The summed E-state index contributed by atoms with van der Waals surface area (Å²) in [5.41, 5.74) is 0.244. The van der Waals surface area contributed by atoms with E-state index in [0.717, 1.165) is 0 Å². The Kier molecular flexibility index (Phi) is 6.44. The zero-order valence-corrected chi connectivity index (χ0v) is 12.9. The van der Waals surface area contributed by atoms with Gasteiger partial charge in [-0.1, -0.05) is 0 Å². The first-order chi connectivity index (χ1) is 9.49. The van der Waals surface area contributed by atoms with E-state index in [4.69, 9.17) is 4.74 Å². The molecule has 0 saturated heterocycles. The lowest BCUT2D eigenvalue weighted by Crippen LogP contribution is -2.28. The molecule has 1 aromatic rings. The van der Waals surface area contributed by atoms with Crippen molar-refractivity contribution in [1.82, 2.24) is 4.57 Å². The third-order valence-corrected chi connectivity index (χ3v) is 3.23. The molecule has 0 aliphatic heterocycles. The number of aromatic nitrogens is 1. The highest BCUT2D eigenvalue weighted by atomic mass is 79.9. The van der Waals surface area contributed by atoms with Crippen LogP contribution in [0.4, 0.5) is 0 Å². The molecule has 0 fully saturated rings. The van der Waals surface area contributed by atoms with Gasteiger partial charge < -0.3 is 14.0 Å². The van der Waals surface area contributed by atoms with Gasteiger partial charge >= 0.3 is 11.9 Å². The van der Waals surface area contributed by atoms with Crippen LogP contribution in [0, 0.1) is 0 Å². The molecule has 0 aliphatic rings. The van der Waals surface area contributed by atoms with Crippen molar-refractivity contribution in [3.05, 3.63) is 32.7 Å². The fourth-order valence-corrected chi connectivity index (χ4v) is 1.98. The number of carbonyl (C=O) groups is 2. The molecule has 1 rings (SSSR count). The number of carbonyl (C=O) groups excluding carboxylic acids is 2. The van der Waals surface area contributed by atoms with Crippen molar-refractivity contribution in [2.24, 2.45) is 0 Å². The summed E-state index contributed by atoms with van der Waals surface area (Å²) >= 11 is 3.12. The van der Waals surface area contributed by atoms with Crippen LogP contribution in [0.25, 0.3) is 0 Å². The zero-order valence-electron chi connectivity index (χ0n) is 11.3. The van der Waals surface area contributed by atoms with Crippen LogP contribution in [0.2, 0.25) is 0 Å². The van der Waals surface area contributed by atoms with Crippen molar-refractivity contribution < 1.29 is 19.1 Å². The molecule has 0 spiro atoms. The van der Waals surface area contributed by atoms with Crippen molar-refractivity contribution in [3.8, 4) is 0 Å². The van der Waals surface area contributed by atoms with Crippen molar-refractivity contribution >= 4 is 27.9 Å². The predicted octanol–water partition coefficient (Wildman–Crippen LogP) is 1.28. The summed E-state index contributed by atoms with van der Waals surface area (Å²) in [5, 5.41) is 0. The van der Waals surface area contributed by atoms with E-state index in [1.165, 1.54) is 11.7 Å². The summed E-state index contributed by atoms with van der Waals surface area (Å²) in [5.74, 6) is -0.866. The molecule has 6 nitrogen and oxygen atoms in total. The largest absolute Gasteiger partial charge is 0.468 e. The van der Waals surface area contributed by atoms with Crippen molar-refractivity contribution in [2.75, 3.05) is 13.7 Å². The normalized spacial score (nSPS) is 10.2. The van der Waals surface area contributed by atoms with E-state index in [1.54, 1.807) is 19.1 Å². The Labute approximate surface area is 124 Å². The van der Waals surface area contributed by atoms with Gasteiger partial charge in [-0.05, 0) is 41.4 Å². The van der Waals surface area contributed by atoms with E-state index in [9.17, 15) is 14.4 Å². The Morgan fingerprint density at radius 1 is 1.30 bits per heavy atom. The number of aryl methyl sites for hydroxylation is 1. The number of halogens is 1. The quantitative estimate of drug-likeness (QED) is 0.726. The average Bonchev–Trinajstić information content (AvgIpc) is 2.43. The highest BCUT2D eigenvalue weighted by Crippen LogP contribution is 2.08. The van der Waals surface area contributed by atoms with Gasteiger partial charge in [0.15, 0.2) is 0 Å². The summed E-state index contributed by atoms with van der Waals surface area (Å²) in [4.78, 5) is 34.7. The molecule has 0 aromatic carbocycles. The second-order valence-corrected chi connectivity index (χ2v) is 4.80. The van der Waals surface area contributed by atoms with E-state index >= 15 is 0 Å². The molecule has 0 amide bonds. The highest BCUT2D eigenvalue weighted by Gasteiger charge is 2.13. The molecule has 0 aliphatic carbocycles. The van der Waals surface area contributed by atoms with Crippen LogP contribution < -0.4 is 5.56 Å². The Balaban J connectivity index is 2.94. The minimum atomic E-state index is -0.525. The maximum absolute atomic E-state index is 12.0. The van der Waals surface area contributed by atoms with E-state index in [1.807, 2.05) is 0 Å². The topological polar surface area (TPSA) is 74.6 Å². The maximum atomic E-state index is 12.0. The second-order valence-electron chi connectivity index (χ2n) is 3.95. The minimum Gasteiger partial charge on any atom is -0.468 e. The monoisotopic (exact) mass is 345 g/mol. The third kappa shape index (κ3) is 4.48. The van der Waals surface area contributed by atoms with E-state index in [2.05, 4.69) is 20.7 Å². The van der Waals surface area contributed by atoms with Gasteiger partial charge in [-0.25, -0.2) is 0 Å². The van der Waals surface area contributed by atoms with Crippen molar-refractivity contribution in [2.45, 2.75) is 26.3 Å². The number of methoxy groups -OCH3 is 1. The van der Waals surface area contributed by atoms with E-state index in [0.29, 0.717) is 23.2 Å². The van der Waals surface area contributed by atoms with Gasteiger partial charge in [0.05, 0.1) is 24.6 Å². The van der Waals surface area contributed by atoms with Crippen LogP contribution in [0.3, 0.4) is 0 Å². The van der Waals surface area contributed by atoms with Gasteiger partial charge in [0, 0.05) is 5.69 Å². The van der Waals surface area contributed by atoms with E-state index in [-0.39, 0.29) is 24.5 Å². The van der Waals surface area contributed by atoms with Gasteiger partial charge in [0.2, 0.25) is 0 Å². The first kappa shape index (κ1) is 16.4. The molecule has 0 unspecified atom stereocenters. The highest BCUT2D eigenvalue weighted by molar-refractivity contribution is 9.10. The third-order valence-electron chi connectivity index (χ3n) is 2.62. The standard InChI is InChI=1S/C13H16BrNO5/c1-3-20-11(16)7-5-9-4-6-10(14)13(18)15(9)8-12(17)19-2/h4,6H,3,5,7-8H2,1-2H3. The smallest absolute Gasteiger partial charge is 0.325 e. The summed E-state index contributed by atoms with van der Waals surface area (Å²) in [6, 6.07) is 3.28. The lowest BCUT2D eigenvalue weighted by molar-refractivity contribution is -0.143. The molecule has 0 saturated carbocycles. The van der Waals surface area contributed by atoms with Crippen LogP contribution in [0.5, 0.6) is 0 Å². The lowest BCUT2D eigenvalue weighted by Gasteiger charge is -2.12. The van der Waals surface area contributed by atoms with Gasteiger partial charge in [-0.15, -0.1) is 0 Å². The van der Waals surface area contributed by atoms with Gasteiger partial charge in [-0.2, -0.15) is 0 Å². The van der Waals surface area contributed by atoms with Gasteiger partial charge in [0.25, 0.3) is 5.56 Å². The molecular weight excluding hydrogens is 330 g/mol. The average molecular weight is 346 g/mol. The summed E-state index contributed by atoms with van der Waals surface area (Å²) < 4.78 is 11.0. The molecular formula is C13H16BrNO5. The molecule has 110 valence electrons. The molecule has 0 bridgehead atoms. The minimum absolute atomic E-state index is 0.149.